The third-order valence-electron chi connectivity index (χ3n) is 3.86. The zero-order valence-electron chi connectivity index (χ0n) is 12.5. The number of carbonyl (C=O) groups is 1. The summed E-state index contributed by atoms with van der Waals surface area (Å²) in [5.74, 6) is -0.256. The Morgan fingerprint density at radius 1 is 1.30 bits per heavy atom. The molecule has 1 aliphatic rings. The molecule has 0 spiro atoms. The van der Waals surface area contributed by atoms with Gasteiger partial charge in [0.05, 0.1) is 12.7 Å². The quantitative estimate of drug-likeness (QED) is 0.744. The van der Waals surface area contributed by atoms with Crippen molar-refractivity contribution in [2.24, 2.45) is 0 Å². The molecule has 0 saturated carbocycles. The maximum Gasteiger partial charge on any atom is 0.338 e. The minimum atomic E-state index is -0.256. The summed E-state index contributed by atoms with van der Waals surface area (Å²) >= 11 is 0. The second-order valence-corrected chi connectivity index (χ2v) is 5.44. The van der Waals surface area contributed by atoms with Gasteiger partial charge in [-0.25, -0.2) is 4.79 Å². The first-order valence-corrected chi connectivity index (χ1v) is 7.28. The lowest BCUT2D eigenvalue weighted by Gasteiger charge is -2.22. The number of rotatable bonds is 6. The average Bonchev–Trinajstić information content (AvgIpc) is 2.98. The van der Waals surface area contributed by atoms with Crippen molar-refractivity contribution < 1.29 is 9.53 Å². The first-order valence-electron chi connectivity index (χ1n) is 7.28. The molecule has 0 N–H and O–H groups in total. The monoisotopic (exact) mass is 276 g/mol. The average molecular weight is 276 g/mol. The molecule has 0 radical (unpaired) electrons. The Hall–Kier alpha value is -1.39. The Kier molecular flexibility index (Phi) is 5.56. The van der Waals surface area contributed by atoms with Crippen LogP contribution in [0.25, 0.3) is 0 Å². The fourth-order valence-electron chi connectivity index (χ4n) is 2.66. The number of hydrogen-bond donors (Lipinski definition) is 0. The molecular formula is C16H24N2O2. The molecule has 1 aromatic rings. The van der Waals surface area contributed by atoms with Gasteiger partial charge in [-0.1, -0.05) is 18.2 Å². The summed E-state index contributed by atoms with van der Waals surface area (Å²) in [5.41, 5.74) is 1.70. The van der Waals surface area contributed by atoms with Crippen LogP contribution in [0.2, 0.25) is 0 Å². The van der Waals surface area contributed by atoms with Crippen LogP contribution in [0.5, 0.6) is 0 Å². The predicted octanol–water partition coefficient (Wildman–Crippen LogP) is 2.00. The minimum Gasteiger partial charge on any atom is -0.465 e. The topological polar surface area (TPSA) is 32.8 Å². The lowest BCUT2D eigenvalue weighted by molar-refractivity contribution is 0.0598. The van der Waals surface area contributed by atoms with Gasteiger partial charge in [0.15, 0.2) is 0 Å². The number of carbonyl (C=O) groups excluding carboxylic acids is 1. The summed E-state index contributed by atoms with van der Waals surface area (Å²) in [6.07, 6.45) is 2.66. The minimum absolute atomic E-state index is 0.256. The highest BCUT2D eigenvalue weighted by atomic mass is 16.5. The van der Waals surface area contributed by atoms with Gasteiger partial charge in [-0.3, -0.25) is 0 Å². The van der Waals surface area contributed by atoms with Crippen LogP contribution < -0.4 is 0 Å². The predicted molar refractivity (Wildman–Crippen MR) is 79.8 cm³/mol. The smallest absolute Gasteiger partial charge is 0.338 e. The number of nitrogens with zero attached hydrogens (tertiary/aromatic N) is 2. The van der Waals surface area contributed by atoms with E-state index < -0.39 is 0 Å². The molecule has 4 nitrogen and oxygen atoms in total. The third kappa shape index (κ3) is 4.05. The standard InChI is InChI=1S/C16H24N2O2/c1-17(11-12-18-9-5-6-10-18)13-14-7-3-4-8-15(14)16(19)20-2/h3-4,7-8H,5-6,9-13H2,1-2H3. The van der Waals surface area contributed by atoms with Crippen LogP contribution >= 0.6 is 0 Å². The van der Waals surface area contributed by atoms with Gasteiger partial charge >= 0.3 is 5.97 Å². The van der Waals surface area contributed by atoms with Crippen molar-refractivity contribution in [3.63, 3.8) is 0 Å². The second kappa shape index (κ2) is 7.41. The number of likely N-dealkylation sites (N-methyl/N-ethyl adjacent to an activating group) is 1. The Morgan fingerprint density at radius 2 is 2.00 bits per heavy atom. The first kappa shape index (κ1) is 15.0. The molecule has 1 saturated heterocycles. The molecule has 0 atom stereocenters. The van der Waals surface area contributed by atoms with E-state index in [2.05, 4.69) is 16.8 Å². The van der Waals surface area contributed by atoms with Crippen LogP contribution in [0.4, 0.5) is 0 Å². The summed E-state index contributed by atoms with van der Waals surface area (Å²) in [5, 5.41) is 0. The van der Waals surface area contributed by atoms with Crippen molar-refractivity contribution in [1.29, 1.82) is 0 Å². The van der Waals surface area contributed by atoms with Crippen LogP contribution in [-0.4, -0.2) is 56.1 Å². The SMILES string of the molecule is COC(=O)c1ccccc1CN(C)CCN1CCCC1. The van der Waals surface area contributed by atoms with E-state index >= 15 is 0 Å². The van der Waals surface area contributed by atoms with Crippen molar-refractivity contribution >= 4 is 5.97 Å². The van der Waals surface area contributed by atoms with E-state index in [-0.39, 0.29) is 5.97 Å². The van der Waals surface area contributed by atoms with Crippen LogP contribution in [-0.2, 0) is 11.3 Å². The van der Waals surface area contributed by atoms with E-state index in [0.717, 1.165) is 25.2 Å². The van der Waals surface area contributed by atoms with E-state index in [1.54, 1.807) is 0 Å². The Labute approximate surface area is 121 Å². The lowest BCUT2D eigenvalue weighted by Crippen LogP contribution is -2.31. The highest BCUT2D eigenvalue weighted by Crippen LogP contribution is 2.13. The number of likely N-dealkylation sites (tertiary alicyclic amines) is 1. The van der Waals surface area contributed by atoms with Gasteiger partial charge in [0.2, 0.25) is 0 Å². The third-order valence-corrected chi connectivity index (χ3v) is 3.86. The first-order chi connectivity index (χ1) is 9.70. The summed E-state index contributed by atoms with van der Waals surface area (Å²) in [4.78, 5) is 16.5. The number of ether oxygens (including phenoxy) is 1. The molecule has 0 unspecified atom stereocenters. The molecule has 2 rings (SSSR count). The summed E-state index contributed by atoms with van der Waals surface area (Å²) in [6, 6.07) is 7.67. The fraction of sp³-hybridized carbons (Fsp3) is 0.562. The number of esters is 1. The van der Waals surface area contributed by atoms with Crippen LogP contribution in [0.3, 0.4) is 0 Å². The number of hydrogen-bond acceptors (Lipinski definition) is 4. The number of benzene rings is 1. The van der Waals surface area contributed by atoms with Crippen molar-refractivity contribution in [3.8, 4) is 0 Å². The zero-order valence-corrected chi connectivity index (χ0v) is 12.5. The molecule has 4 heteroatoms. The van der Waals surface area contributed by atoms with Crippen LogP contribution in [0.1, 0.15) is 28.8 Å². The highest BCUT2D eigenvalue weighted by Gasteiger charge is 2.14. The molecule has 1 aromatic carbocycles. The summed E-state index contributed by atoms with van der Waals surface area (Å²) < 4.78 is 4.83. The molecule has 20 heavy (non-hydrogen) atoms. The van der Waals surface area contributed by atoms with Gasteiger partial charge in [0.1, 0.15) is 0 Å². The van der Waals surface area contributed by atoms with Gasteiger partial charge in [0, 0.05) is 19.6 Å². The molecule has 0 amide bonds. The van der Waals surface area contributed by atoms with E-state index in [1.807, 2.05) is 24.3 Å². The number of methoxy groups -OCH3 is 1. The molecule has 1 heterocycles. The Balaban J connectivity index is 1.89. The van der Waals surface area contributed by atoms with Crippen molar-refractivity contribution in [2.75, 3.05) is 40.3 Å². The zero-order chi connectivity index (χ0) is 14.4. The summed E-state index contributed by atoms with van der Waals surface area (Å²) in [6.45, 7) is 5.37. The van der Waals surface area contributed by atoms with Gasteiger partial charge in [-0.05, 0) is 44.6 Å². The fourth-order valence-corrected chi connectivity index (χ4v) is 2.66. The molecular weight excluding hydrogens is 252 g/mol. The van der Waals surface area contributed by atoms with Crippen molar-refractivity contribution in [1.82, 2.24) is 9.80 Å². The molecule has 110 valence electrons. The maximum atomic E-state index is 11.7. The Bertz CT molecular complexity index is 442. The van der Waals surface area contributed by atoms with E-state index in [9.17, 15) is 4.79 Å². The molecule has 1 aliphatic heterocycles. The molecule has 1 fully saturated rings. The molecule has 0 aliphatic carbocycles. The second-order valence-electron chi connectivity index (χ2n) is 5.44. The summed E-state index contributed by atoms with van der Waals surface area (Å²) in [7, 11) is 3.53. The normalized spacial score (nSPS) is 15.8. The van der Waals surface area contributed by atoms with Crippen LogP contribution in [0.15, 0.2) is 24.3 Å². The van der Waals surface area contributed by atoms with Gasteiger partial charge in [-0.15, -0.1) is 0 Å². The van der Waals surface area contributed by atoms with E-state index in [4.69, 9.17) is 4.74 Å². The van der Waals surface area contributed by atoms with Crippen molar-refractivity contribution in [2.45, 2.75) is 19.4 Å². The van der Waals surface area contributed by atoms with Gasteiger partial charge < -0.3 is 14.5 Å². The molecule has 0 bridgehead atoms. The Morgan fingerprint density at radius 3 is 2.70 bits per heavy atom. The van der Waals surface area contributed by atoms with E-state index in [0.29, 0.717) is 5.56 Å². The van der Waals surface area contributed by atoms with Crippen molar-refractivity contribution in [3.05, 3.63) is 35.4 Å². The van der Waals surface area contributed by atoms with Gasteiger partial charge in [0.25, 0.3) is 0 Å². The van der Waals surface area contributed by atoms with E-state index in [1.165, 1.54) is 33.0 Å². The lowest BCUT2D eigenvalue weighted by atomic mass is 10.1. The van der Waals surface area contributed by atoms with Crippen LogP contribution in [0, 0.1) is 0 Å². The maximum absolute atomic E-state index is 11.7. The molecule has 0 aromatic heterocycles. The van der Waals surface area contributed by atoms with Gasteiger partial charge in [-0.2, -0.15) is 0 Å². The highest BCUT2D eigenvalue weighted by molar-refractivity contribution is 5.90. The largest absolute Gasteiger partial charge is 0.465 e.